The highest BCUT2D eigenvalue weighted by molar-refractivity contribution is 5.98. The second-order valence-corrected chi connectivity index (χ2v) is 7.50. The van der Waals surface area contributed by atoms with Gasteiger partial charge >= 0.3 is 0 Å². The number of amides is 1. The van der Waals surface area contributed by atoms with Crippen LogP contribution in [0, 0.1) is 0 Å². The predicted octanol–water partition coefficient (Wildman–Crippen LogP) is 3.34. The summed E-state index contributed by atoms with van der Waals surface area (Å²) in [6.07, 6.45) is 4.03. The second kappa shape index (κ2) is 8.36. The molecule has 1 amide bonds. The molecule has 1 aliphatic heterocycles. The molecule has 1 fully saturated rings. The Bertz CT molecular complexity index is 928. The van der Waals surface area contributed by atoms with Crippen molar-refractivity contribution >= 4 is 16.7 Å². The summed E-state index contributed by atoms with van der Waals surface area (Å²) in [6, 6.07) is 22.5. The molecule has 0 spiro atoms. The van der Waals surface area contributed by atoms with Crippen LogP contribution in [0.2, 0.25) is 0 Å². The molecule has 0 aromatic heterocycles. The molecule has 4 rings (SSSR count). The summed E-state index contributed by atoms with van der Waals surface area (Å²) in [7, 11) is 0. The van der Waals surface area contributed by atoms with Gasteiger partial charge in [0.05, 0.1) is 13.1 Å². The van der Waals surface area contributed by atoms with Crippen molar-refractivity contribution in [1.29, 1.82) is 0 Å². The number of hydrogen-bond acceptors (Lipinski definition) is 1. The number of benzene rings is 3. The molecule has 0 saturated carbocycles. The average molecular weight is 359 g/mol. The van der Waals surface area contributed by atoms with Gasteiger partial charge in [0, 0.05) is 17.7 Å². The topological polar surface area (TPSA) is 33.5 Å². The van der Waals surface area contributed by atoms with Crippen LogP contribution in [0.1, 0.15) is 40.7 Å². The highest BCUT2D eigenvalue weighted by atomic mass is 16.1. The molecule has 27 heavy (non-hydrogen) atoms. The zero-order chi connectivity index (χ0) is 18.5. The Hall–Kier alpha value is -2.65. The molecule has 0 unspecified atom stereocenters. The first kappa shape index (κ1) is 17.7. The Morgan fingerprint density at radius 3 is 2.33 bits per heavy atom. The molecule has 1 heterocycles. The van der Waals surface area contributed by atoms with Gasteiger partial charge in [0.25, 0.3) is 5.91 Å². The first-order chi connectivity index (χ1) is 13.3. The number of carbonyl (C=O) groups excluding carboxylic acids is 1. The molecule has 3 aromatic rings. The SMILES string of the molecule is O=C(NCc1ccccc1C[NH+]1CCCCC1)c1ccc2ccccc2c1. The van der Waals surface area contributed by atoms with E-state index in [1.54, 1.807) is 4.90 Å². The summed E-state index contributed by atoms with van der Waals surface area (Å²) in [6.45, 7) is 4.16. The van der Waals surface area contributed by atoms with Crippen LogP contribution in [0.15, 0.2) is 66.7 Å². The van der Waals surface area contributed by atoms with Crippen molar-refractivity contribution in [2.24, 2.45) is 0 Å². The maximum Gasteiger partial charge on any atom is 0.251 e. The third-order valence-corrected chi connectivity index (χ3v) is 5.57. The average Bonchev–Trinajstić information content (AvgIpc) is 2.73. The van der Waals surface area contributed by atoms with E-state index in [1.165, 1.54) is 43.5 Å². The molecular weight excluding hydrogens is 332 g/mol. The number of carbonyl (C=O) groups is 1. The quantitative estimate of drug-likeness (QED) is 0.720. The molecule has 1 aliphatic rings. The number of rotatable bonds is 5. The van der Waals surface area contributed by atoms with E-state index in [4.69, 9.17) is 0 Å². The molecule has 0 atom stereocenters. The van der Waals surface area contributed by atoms with Gasteiger partial charge < -0.3 is 10.2 Å². The third-order valence-electron chi connectivity index (χ3n) is 5.57. The molecule has 138 valence electrons. The first-order valence-electron chi connectivity index (χ1n) is 9.97. The van der Waals surface area contributed by atoms with Crippen LogP contribution >= 0.6 is 0 Å². The highest BCUT2D eigenvalue weighted by Gasteiger charge is 2.16. The normalized spacial score (nSPS) is 15.0. The predicted molar refractivity (Wildman–Crippen MR) is 110 cm³/mol. The van der Waals surface area contributed by atoms with Crippen molar-refractivity contribution < 1.29 is 9.69 Å². The lowest BCUT2D eigenvalue weighted by Gasteiger charge is -2.24. The highest BCUT2D eigenvalue weighted by Crippen LogP contribution is 2.16. The van der Waals surface area contributed by atoms with E-state index in [0.29, 0.717) is 12.1 Å². The molecule has 1 saturated heterocycles. The number of quaternary nitrogens is 1. The molecule has 3 heteroatoms. The van der Waals surface area contributed by atoms with E-state index < -0.39 is 0 Å². The minimum Gasteiger partial charge on any atom is -0.348 e. The lowest BCUT2D eigenvalue weighted by molar-refractivity contribution is -0.918. The summed E-state index contributed by atoms with van der Waals surface area (Å²) in [5, 5.41) is 5.36. The van der Waals surface area contributed by atoms with E-state index in [0.717, 1.165) is 17.3 Å². The zero-order valence-corrected chi connectivity index (χ0v) is 15.7. The maximum absolute atomic E-state index is 12.6. The number of hydrogen-bond donors (Lipinski definition) is 2. The standard InChI is InChI=1S/C24H26N2O/c27-24(21-13-12-19-8-2-3-9-20(19)16-21)25-17-22-10-4-5-11-23(22)18-26-14-6-1-7-15-26/h2-5,8-13,16H,1,6-7,14-15,17-18H2,(H,25,27)/p+1. The van der Waals surface area contributed by atoms with Crippen LogP contribution in [-0.4, -0.2) is 19.0 Å². The fourth-order valence-corrected chi connectivity index (χ4v) is 4.01. The van der Waals surface area contributed by atoms with Crippen LogP contribution in [0.25, 0.3) is 10.8 Å². The molecule has 3 aromatic carbocycles. The molecule has 3 nitrogen and oxygen atoms in total. The monoisotopic (exact) mass is 359 g/mol. The minimum absolute atomic E-state index is 0.0131. The Morgan fingerprint density at radius 2 is 1.52 bits per heavy atom. The van der Waals surface area contributed by atoms with Crippen molar-refractivity contribution in [2.75, 3.05) is 13.1 Å². The van der Waals surface area contributed by atoms with E-state index in [2.05, 4.69) is 35.6 Å². The van der Waals surface area contributed by atoms with Crippen molar-refractivity contribution in [3.05, 3.63) is 83.4 Å². The van der Waals surface area contributed by atoms with Crippen LogP contribution in [-0.2, 0) is 13.1 Å². The lowest BCUT2D eigenvalue weighted by atomic mass is 10.0. The van der Waals surface area contributed by atoms with E-state index in [9.17, 15) is 4.79 Å². The van der Waals surface area contributed by atoms with Gasteiger partial charge in [-0.25, -0.2) is 0 Å². The first-order valence-corrected chi connectivity index (χ1v) is 9.97. The maximum atomic E-state index is 12.6. The second-order valence-electron chi connectivity index (χ2n) is 7.50. The molecule has 0 radical (unpaired) electrons. The smallest absolute Gasteiger partial charge is 0.251 e. The van der Waals surface area contributed by atoms with Crippen molar-refractivity contribution in [1.82, 2.24) is 5.32 Å². The Kier molecular flexibility index (Phi) is 5.50. The number of fused-ring (bicyclic) bond motifs is 1. The Morgan fingerprint density at radius 1 is 0.815 bits per heavy atom. The van der Waals surface area contributed by atoms with E-state index >= 15 is 0 Å². The lowest BCUT2D eigenvalue weighted by Crippen LogP contribution is -3.11. The van der Waals surface area contributed by atoms with Crippen molar-refractivity contribution in [3.8, 4) is 0 Å². The number of piperidine rings is 1. The van der Waals surface area contributed by atoms with Gasteiger partial charge in [0.1, 0.15) is 6.54 Å². The van der Waals surface area contributed by atoms with Crippen LogP contribution in [0.5, 0.6) is 0 Å². The summed E-state index contributed by atoms with van der Waals surface area (Å²) in [5.74, 6) is -0.0131. The van der Waals surface area contributed by atoms with Gasteiger partial charge in [-0.15, -0.1) is 0 Å². The molecular formula is C24H27N2O+. The van der Waals surface area contributed by atoms with Crippen molar-refractivity contribution in [2.45, 2.75) is 32.4 Å². The van der Waals surface area contributed by atoms with Crippen LogP contribution < -0.4 is 10.2 Å². The van der Waals surface area contributed by atoms with Crippen LogP contribution in [0.4, 0.5) is 0 Å². The van der Waals surface area contributed by atoms with Gasteiger partial charge in [-0.3, -0.25) is 4.79 Å². The van der Waals surface area contributed by atoms with Gasteiger partial charge in [-0.2, -0.15) is 0 Å². The fourth-order valence-electron chi connectivity index (χ4n) is 4.01. The van der Waals surface area contributed by atoms with Gasteiger partial charge in [-0.1, -0.05) is 54.6 Å². The van der Waals surface area contributed by atoms with Gasteiger partial charge in [0.2, 0.25) is 0 Å². The largest absolute Gasteiger partial charge is 0.348 e. The van der Waals surface area contributed by atoms with Gasteiger partial charge in [-0.05, 0) is 47.7 Å². The summed E-state index contributed by atoms with van der Waals surface area (Å²) in [5.41, 5.74) is 3.30. The fraction of sp³-hybridized carbons (Fsp3) is 0.292. The summed E-state index contributed by atoms with van der Waals surface area (Å²) < 4.78 is 0. The third kappa shape index (κ3) is 4.37. The molecule has 0 bridgehead atoms. The number of likely N-dealkylation sites (tertiary alicyclic amines) is 1. The summed E-state index contributed by atoms with van der Waals surface area (Å²) in [4.78, 5) is 14.3. The number of nitrogens with one attached hydrogen (secondary N) is 2. The molecule has 2 N–H and O–H groups in total. The summed E-state index contributed by atoms with van der Waals surface area (Å²) >= 11 is 0. The van der Waals surface area contributed by atoms with Gasteiger partial charge in [0.15, 0.2) is 0 Å². The van der Waals surface area contributed by atoms with Crippen LogP contribution in [0.3, 0.4) is 0 Å². The minimum atomic E-state index is -0.0131. The van der Waals surface area contributed by atoms with E-state index in [-0.39, 0.29) is 5.91 Å². The van der Waals surface area contributed by atoms with Crippen molar-refractivity contribution in [3.63, 3.8) is 0 Å². The zero-order valence-electron chi connectivity index (χ0n) is 15.7. The Labute approximate surface area is 161 Å². The Balaban J connectivity index is 1.43. The molecule has 0 aliphatic carbocycles. The van der Waals surface area contributed by atoms with E-state index in [1.807, 2.05) is 36.4 Å².